The standard InChI is InChI=1S/C23H23N3O4/c1-15-16(2)26(17-9-11-18(28-3)12-10-17)23(19(15)13-24)25-22(27)14-30-21-8-6-5-7-20(21)29-4/h5-12H,14H2,1-4H3,(H,25,27). The smallest absolute Gasteiger partial charge is 0.263 e. The number of ether oxygens (including phenoxy) is 3. The summed E-state index contributed by atoms with van der Waals surface area (Å²) in [6, 6.07) is 16.7. The summed E-state index contributed by atoms with van der Waals surface area (Å²) in [5.41, 5.74) is 2.87. The van der Waals surface area contributed by atoms with Crippen LogP contribution < -0.4 is 19.5 Å². The minimum absolute atomic E-state index is 0.225. The lowest BCUT2D eigenvalue weighted by atomic mass is 10.2. The van der Waals surface area contributed by atoms with E-state index in [1.807, 2.05) is 48.7 Å². The van der Waals surface area contributed by atoms with Crippen LogP contribution in [0.5, 0.6) is 17.2 Å². The maximum atomic E-state index is 12.6. The summed E-state index contributed by atoms with van der Waals surface area (Å²) in [4.78, 5) is 12.6. The molecule has 0 unspecified atom stereocenters. The number of nitrogens with zero attached hydrogens (tertiary/aromatic N) is 2. The van der Waals surface area contributed by atoms with E-state index in [4.69, 9.17) is 14.2 Å². The van der Waals surface area contributed by atoms with Crippen molar-refractivity contribution < 1.29 is 19.0 Å². The lowest BCUT2D eigenvalue weighted by Gasteiger charge is -2.14. The molecule has 7 nitrogen and oxygen atoms in total. The van der Waals surface area contributed by atoms with Crippen molar-refractivity contribution in [1.82, 2.24) is 4.57 Å². The molecule has 0 aliphatic heterocycles. The van der Waals surface area contributed by atoms with E-state index in [1.165, 1.54) is 7.11 Å². The number of hydrogen-bond donors (Lipinski definition) is 1. The zero-order chi connectivity index (χ0) is 21.7. The van der Waals surface area contributed by atoms with Crippen molar-refractivity contribution in [3.63, 3.8) is 0 Å². The summed E-state index contributed by atoms with van der Waals surface area (Å²) in [5.74, 6) is 1.75. The number of amides is 1. The van der Waals surface area contributed by atoms with Crippen LogP contribution in [0.2, 0.25) is 0 Å². The second-order valence-corrected chi connectivity index (χ2v) is 6.57. The van der Waals surface area contributed by atoms with Gasteiger partial charge in [-0.1, -0.05) is 12.1 Å². The number of aromatic nitrogens is 1. The Morgan fingerprint density at radius 3 is 2.30 bits per heavy atom. The average Bonchev–Trinajstić information content (AvgIpc) is 3.01. The number of anilines is 1. The number of hydrogen-bond acceptors (Lipinski definition) is 5. The van der Waals surface area contributed by atoms with Gasteiger partial charge in [0.1, 0.15) is 17.6 Å². The van der Waals surface area contributed by atoms with Gasteiger partial charge in [-0.3, -0.25) is 9.36 Å². The third-order valence-electron chi connectivity index (χ3n) is 4.84. The molecule has 2 aromatic carbocycles. The Kier molecular flexibility index (Phi) is 6.28. The second kappa shape index (κ2) is 9.05. The fraction of sp³-hybridized carbons (Fsp3) is 0.217. The van der Waals surface area contributed by atoms with Gasteiger partial charge < -0.3 is 19.5 Å². The van der Waals surface area contributed by atoms with Gasteiger partial charge in [-0.05, 0) is 55.8 Å². The summed E-state index contributed by atoms with van der Waals surface area (Å²) < 4.78 is 17.9. The molecule has 3 rings (SSSR count). The van der Waals surface area contributed by atoms with Crippen LogP contribution in [0.25, 0.3) is 5.69 Å². The summed E-state index contributed by atoms with van der Waals surface area (Å²) in [5, 5.41) is 12.5. The molecule has 0 saturated heterocycles. The highest BCUT2D eigenvalue weighted by atomic mass is 16.5. The van der Waals surface area contributed by atoms with E-state index >= 15 is 0 Å². The first kappa shape index (κ1) is 20.8. The molecule has 0 saturated carbocycles. The number of methoxy groups -OCH3 is 2. The highest BCUT2D eigenvalue weighted by Crippen LogP contribution is 2.31. The maximum absolute atomic E-state index is 12.6. The number of carbonyl (C=O) groups excluding carboxylic acids is 1. The van der Waals surface area contributed by atoms with Crippen molar-refractivity contribution in [1.29, 1.82) is 5.26 Å². The molecule has 0 aliphatic carbocycles. The highest BCUT2D eigenvalue weighted by molar-refractivity contribution is 5.93. The first-order valence-corrected chi connectivity index (χ1v) is 9.32. The van der Waals surface area contributed by atoms with Crippen LogP contribution in [-0.2, 0) is 4.79 Å². The Labute approximate surface area is 175 Å². The van der Waals surface area contributed by atoms with E-state index < -0.39 is 0 Å². The molecule has 154 valence electrons. The van der Waals surface area contributed by atoms with Crippen molar-refractivity contribution >= 4 is 11.7 Å². The molecular formula is C23H23N3O4. The summed E-state index contributed by atoms with van der Waals surface area (Å²) in [7, 11) is 3.13. The fourth-order valence-corrected chi connectivity index (χ4v) is 3.16. The Hall–Kier alpha value is -3.92. The summed E-state index contributed by atoms with van der Waals surface area (Å²) in [6.45, 7) is 3.54. The molecule has 0 atom stereocenters. The predicted molar refractivity (Wildman–Crippen MR) is 114 cm³/mol. The van der Waals surface area contributed by atoms with Crippen molar-refractivity contribution in [2.24, 2.45) is 0 Å². The lowest BCUT2D eigenvalue weighted by molar-refractivity contribution is -0.118. The van der Waals surface area contributed by atoms with Crippen LogP contribution in [0.1, 0.15) is 16.8 Å². The van der Waals surface area contributed by atoms with E-state index in [1.54, 1.807) is 25.3 Å². The number of carbonyl (C=O) groups is 1. The molecule has 3 aromatic rings. The topological polar surface area (TPSA) is 85.5 Å². The average molecular weight is 405 g/mol. The van der Waals surface area contributed by atoms with E-state index in [2.05, 4.69) is 11.4 Å². The molecule has 30 heavy (non-hydrogen) atoms. The SMILES string of the molecule is COc1ccc(-n2c(C)c(C)c(C#N)c2NC(=O)COc2ccccc2OC)cc1. The monoisotopic (exact) mass is 405 g/mol. The first-order chi connectivity index (χ1) is 14.5. The van der Waals surface area contributed by atoms with Gasteiger partial charge >= 0.3 is 0 Å². The van der Waals surface area contributed by atoms with Crippen LogP contribution in [0.4, 0.5) is 5.82 Å². The number of rotatable bonds is 7. The summed E-state index contributed by atoms with van der Waals surface area (Å²) >= 11 is 0. The van der Waals surface area contributed by atoms with E-state index in [0.29, 0.717) is 22.9 Å². The molecule has 0 aliphatic rings. The minimum atomic E-state index is -0.385. The largest absolute Gasteiger partial charge is 0.497 e. The van der Waals surface area contributed by atoms with Crippen LogP contribution in [-0.4, -0.2) is 31.3 Å². The van der Waals surface area contributed by atoms with Gasteiger partial charge in [0.15, 0.2) is 18.1 Å². The Morgan fingerprint density at radius 2 is 1.70 bits per heavy atom. The molecule has 0 bridgehead atoms. The third-order valence-corrected chi connectivity index (χ3v) is 4.84. The van der Waals surface area contributed by atoms with Gasteiger partial charge in [0.05, 0.1) is 19.8 Å². The van der Waals surface area contributed by atoms with Crippen molar-refractivity contribution in [3.05, 3.63) is 65.4 Å². The highest BCUT2D eigenvalue weighted by Gasteiger charge is 2.21. The molecular weight excluding hydrogens is 382 g/mol. The first-order valence-electron chi connectivity index (χ1n) is 9.32. The fourth-order valence-electron chi connectivity index (χ4n) is 3.16. The van der Waals surface area contributed by atoms with Crippen LogP contribution >= 0.6 is 0 Å². The van der Waals surface area contributed by atoms with E-state index in [-0.39, 0.29) is 12.5 Å². The lowest BCUT2D eigenvalue weighted by Crippen LogP contribution is -2.22. The molecule has 1 amide bonds. The number of para-hydroxylation sites is 2. The number of benzene rings is 2. The molecule has 1 aromatic heterocycles. The van der Waals surface area contributed by atoms with Gasteiger partial charge in [-0.2, -0.15) is 5.26 Å². The number of nitriles is 1. The zero-order valence-corrected chi connectivity index (χ0v) is 17.4. The minimum Gasteiger partial charge on any atom is -0.497 e. The molecule has 1 heterocycles. The van der Waals surface area contributed by atoms with E-state index in [0.717, 1.165) is 22.7 Å². The van der Waals surface area contributed by atoms with E-state index in [9.17, 15) is 10.1 Å². The molecule has 0 radical (unpaired) electrons. The molecule has 0 fully saturated rings. The van der Waals surface area contributed by atoms with Gasteiger partial charge in [0, 0.05) is 11.4 Å². The van der Waals surface area contributed by atoms with Gasteiger partial charge in [-0.25, -0.2) is 0 Å². The third kappa shape index (κ3) is 4.08. The Bertz CT molecular complexity index is 1090. The van der Waals surface area contributed by atoms with Crippen molar-refractivity contribution in [2.75, 3.05) is 26.1 Å². The van der Waals surface area contributed by atoms with Gasteiger partial charge in [-0.15, -0.1) is 0 Å². The van der Waals surface area contributed by atoms with Gasteiger partial charge in [0.2, 0.25) is 0 Å². The van der Waals surface area contributed by atoms with Crippen LogP contribution in [0.15, 0.2) is 48.5 Å². The molecule has 1 N–H and O–H groups in total. The Morgan fingerprint density at radius 1 is 1.03 bits per heavy atom. The van der Waals surface area contributed by atoms with Crippen LogP contribution in [0, 0.1) is 25.2 Å². The number of nitrogens with one attached hydrogen (secondary N) is 1. The second-order valence-electron chi connectivity index (χ2n) is 6.57. The zero-order valence-electron chi connectivity index (χ0n) is 17.4. The van der Waals surface area contributed by atoms with Crippen LogP contribution in [0.3, 0.4) is 0 Å². The molecule has 7 heteroatoms. The van der Waals surface area contributed by atoms with Crippen molar-refractivity contribution in [2.45, 2.75) is 13.8 Å². The van der Waals surface area contributed by atoms with Crippen molar-refractivity contribution in [3.8, 4) is 29.0 Å². The Balaban J connectivity index is 1.88. The summed E-state index contributed by atoms with van der Waals surface area (Å²) in [6.07, 6.45) is 0. The quantitative estimate of drug-likeness (QED) is 0.642. The predicted octanol–water partition coefficient (Wildman–Crippen LogP) is 4.00. The normalized spacial score (nSPS) is 10.2. The molecule has 0 spiro atoms. The maximum Gasteiger partial charge on any atom is 0.263 e. The van der Waals surface area contributed by atoms with Gasteiger partial charge in [0.25, 0.3) is 5.91 Å².